The Bertz CT molecular complexity index is 557. The molecule has 0 atom stereocenters. The van der Waals surface area contributed by atoms with Crippen LogP contribution in [0.15, 0.2) is 48.5 Å². The maximum Gasteiger partial charge on any atom is 0.231 e. The summed E-state index contributed by atoms with van der Waals surface area (Å²) in [4.78, 5) is 0. The molecule has 0 aromatic heterocycles. The molecule has 1 aliphatic heterocycles. The lowest BCUT2D eigenvalue weighted by molar-refractivity contribution is 0.169. The first-order valence-corrected chi connectivity index (χ1v) is 6.74. The minimum Gasteiger partial charge on any atom is -0.489 e. The molecular weight excluding hydrogens is 254 g/mol. The van der Waals surface area contributed by atoms with E-state index in [1.54, 1.807) is 0 Å². The van der Waals surface area contributed by atoms with E-state index >= 15 is 0 Å². The molecule has 4 nitrogen and oxygen atoms in total. The van der Waals surface area contributed by atoms with Gasteiger partial charge in [-0.1, -0.05) is 24.3 Å². The van der Waals surface area contributed by atoms with Gasteiger partial charge in [0.05, 0.1) is 6.61 Å². The van der Waals surface area contributed by atoms with Gasteiger partial charge in [0, 0.05) is 12.2 Å². The van der Waals surface area contributed by atoms with Gasteiger partial charge >= 0.3 is 0 Å². The third-order valence-corrected chi connectivity index (χ3v) is 3.04. The van der Waals surface area contributed by atoms with Crippen molar-refractivity contribution in [3.63, 3.8) is 0 Å². The maximum absolute atomic E-state index is 5.74. The molecular formula is C16H17NO3. The molecule has 2 aromatic rings. The van der Waals surface area contributed by atoms with Crippen LogP contribution in [0, 0.1) is 0 Å². The van der Waals surface area contributed by atoms with Crippen LogP contribution in [0.1, 0.15) is 6.42 Å². The van der Waals surface area contributed by atoms with Crippen molar-refractivity contribution in [2.24, 2.45) is 0 Å². The molecule has 0 fully saturated rings. The highest BCUT2D eigenvalue weighted by Crippen LogP contribution is 2.40. The molecule has 0 aliphatic carbocycles. The topological polar surface area (TPSA) is 39.7 Å². The summed E-state index contributed by atoms with van der Waals surface area (Å²) in [7, 11) is 0. The molecule has 20 heavy (non-hydrogen) atoms. The van der Waals surface area contributed by atoms with Crippen LogP contribution in [-0.4, -0.2) is 19.9 Å². The lowest BCUT2D eigenvalue weighted by Gasteiger charge is -2.09. The predicted octanol–water partition coefficient (Wildman–Crippen LogP) is 3.30. The van der Waals surface area contributed by atoms with Crippen molar-refractivity contribution in [2.75, 3.05) is 25.3 Å². The van der Waals surface area contributed by atoms with Crippen LogP contribution in [0.4, 0.5) is 5.69 Å². The number of hydrogen-bond acceptors (Lipinski definition) is 4. The lowest BCUT2D eigenvalue weighted by Crippen LogP contribution is -2.07. The van der Waals surface area contributed by atoms with E-state index in [4.69, 9.17) is 14.2 Å². The predicted molar refractivity (Wildman–Crippen MR) is 77.6 cm³/mol. The highest BCUT2D eigenvalue weighted by atomic mass is 16.7. The lowest BCUT2D eigenvalue weighted by atomic mass is 10.3. The second kappa shape index (κ2) is 6.19. The Balaban J connectivity index is 1.43. The minimum atomic E-state index is 0.269. The second-order valence-electron chi connectivity index (χ2n) is 4.48. The first-order chi connectivity index (χ1) is 9.93. The molecule has 4 heteroatoms. The molecule has 0 spiro atoms. The third-order valence-electron chi connectivity index (χ3n) is 3.04. The number of fused-ring (bicyclic) bond motifs is 1. The molecule has 2 aromatic carbocycles. The summed E-state index contributed by atoms with van der Waals surface area (Å²) in [5, 5.41) is 3.35. The van der Waals surface area contributed by atoms with Gasteiger partial charge in [-0.3, -0.25) is 0 Å². The van der Waals surface area contributed by atoms with Gasteiger partial charge in [0.2, 0.25) is 12.5 Å². The highest BCUT2D eigenvalue weighted by molar-refractivity contribution is 5.52. The number of nitrogens with one attached hydrogen (secondary N) is 1. The minimum absolute atomic E-state index is 0.269. The number of rotatable bonds is 6. The van der Waals surface area contributed by atoms with Gasteiger partial charge in [0.1, 0.15) is 0 Å². The van der Waals surface area contributed by atoms with Crippen molar-refractivity contribution in [3.8, 4) is 17.2 Å². The first kappa shape index (κ1) is 12.7. The number of ether oxygens (including phenoxy) is 3. The van der Waals surface area contributed by atoms with E-state index < -0.39 is 0 Å². The standard InChI is InChI=1S/C16H17NO3/c1-2-6-13(7-3-1)17-10-5-11-18-14-8-4-9-15-16(14)20-12-19-15/h1-4,6-9,17H,5,10-12H2. The van der Waals surface area contributed by atoms with Gasteiger partial charge in [-0.05, 0) is 30.7 Å². The fourth-order valence-corrected chi connectivity index (χ4v) is 2.06. The summed E-state index contributed by atoms with van der Waals surface area (Å²) < 4.78 is 16.4. The number of hydrogen-bond donors (Lipinski definition) is 1. The number of benzene rings is 2. The van der Waals surface area contributed by atoms with Gasteiger partial charge in [0.25, 0.3) is 0 Å². The molecule has 0 saturated carbocycles. The molecule has 1 aliphatic rings. The smallest absolute Gasteiger partial charge is 0.231 e. The normalized spacial score (nSPS) is 12.2. The Morgan fingerprint density at radius 3 is 2.80 bits per heavy atom. The molecule has 1 heterocycles. The molecule has 0 saturated heterocycles. The van der Waals surface area contributed by atoms with Gasteiger partial charge in [-0.2, -0.15) is 0 Å². The molecule has 104 valence electrons. The first-order valence-electron chi connectivity index (χ1n) is 6.74. The summed E-state index contributed by atoms with van der Waals surface area (Å²) >= 11 is 0. The van der Waals surface area contributed by atoms with Crippen LogP contribution < -0.4 is 19.5 Å². The van der Waals surface area contributed by atoms with Gasteiger partial charge < -0.3 is 19.5 Å². The zero-order valence-electron chi connectivity index (χ0n) is 11.2. The van der Waals surface area contributed by atoms with Crippen molar-refractivity contribution in [2.45, 2.75) is 6.42 Å². The summed E-state index contributed by atoms with van der Waals surface area (Å²) in [5.74, 6) is 2.22. The average Bonchev–Trinajstić information content (AvgIpc) is 2.97. The number of para-hydroxylation sites is 2. The summed E-state index contributed by atoms with van der Waals surface area (Å²) in [5.41, 5.74) is 1.13. The molecule has 0 radical (unpaired) electrons. The Labute approximate surface area is 118 Å². The zero-order chi connectivity index (χ0) is 13.6. The molecule has 0 unspecified atom stereocenters. The molecule has 1 N–H and O–H groups in total. The average molecular weight is 271 g/mol. The Morgan fingerprint density at radius 2 is 1.90 bits per heavy atom. The van der Waals surface area contributed by atoms with E-state index in [2.05, 4.69) is 17.4 Å². The zero-order valence-corrected chi connectivity index (χ0v) is 11.2. The Morgan fingerprint density at radius 1 is 1.00 bits per heavy atom. The van der Waals surface area contributed by atoms with Crippen molar-refractivity contribution in [1.82, 2.24) is 0 Å². The highest BCUT2D eigenvalue weighted by Gasteiger charge is 2.17. The van der Waals surface area contributed by atoms with Crippen molar-refractivity contribution < 1.29 is 14.2 Å². The van der Waals surface area contributed by atoms with E-state index in [-0.39, 0.29) is 6.79 Å². The number of anilines is 1. The van der Waals surface area contributed by atoms with Crippen LogP contribution in [0.25, 0.3) is 0 Å². The summed E-state index contributed by atoms with van der Waals surface area (Å²) in [6.07, 6.45) is 0.916. The molecule has 3 rings (SSSR count). The van der Waals surface area contributed by atoms with Gasteiger partial charge in [-0.15, -0.1) is 0 Å². The van der Waals surface area contributed by atoms with E-state index in [0.29, 0.717) is 12.4 Å². The van der Waals surface area contributed by atoms with E-state index in [1.807, 2.05) is 36.4 Å². The van der Waals surface area contributed by atoms with Crippen LogP contribution in [0.3, 0.4) is 0 Å². The second-order valence-corrected chi connectivity index (χ2v) is 4.48. The van der Waals surface area contributed by atoms with Crippen LogP contribution in [0.2, 0.25) is 0 Å². The Hall–Kier alpha value is -2.36. The largest absolute Gasteiger partial charge is 0.489 e. The van der Waals surface area contributed by atoms with E-state index in [9.17, 15) is 0 Å². The van der Waals surface area contributed by atoms with Crippen molar-refractivity contribution >= 4 is 5.69 Å². The van der Waals surface area contributed by atoms with Crippen molar-refractivity contribution in [3.05, 3.63) is 48.5 Å². The van der Waals surface area contributed by atoms with E-state index in [1.165, 1.54) is 0 Å². The summed E-state index contributed by atoms with van der Waals surface area (Å²) in [6, 6.07) is 15.8. The van der Waals surface area contributed by atoms with E-state index in [0.717, 1.165) is 30.2 Å². The molecule has 0 amide bonds. The molecule has 0 bridgehead atoms. The van der Waals surface area contributed by atoms with Crippen LogP contribution in [-0.2, 0) is 0 Å². The summed E-state index contributed by atoms with van der Waals surface area (Å²) in [6.45, 7) is 1.78. The monoisotopic (exact) mass is 271 g/mol. The quantitative estimate of drug-likeness (QED) is 0.818. The van der Waals surface area contributed by atoms with Crippen molar-refractivity contribution in [1.29, 1.82) is 0 Å². The SMILES string of the molecule is c1ccc(NCCCOc2cccc3c2OCO3)cc1. The fraction of sp³-hybridized carbons (Fsp3) is 0.250. The van der Waals surface area contributed by atoms with Gasteiger partial charge in [0.15, 0.2) is 11.5 Å². The van der Waals surface area contributed by atoms with Gasteiger partial charge in [-0.25, -0.2) is 0 Å². The Kier molecular flexibility index (Phi) is 3.92. The van der Waals surface area contributed by atoms with Crippen LogP contribution in [0.5, 0.6) is 17.2 Å². The third kappa shape index (κ3) is 2.96. The van der Waals surface area contributed by atoms with Crippen LogP contribution >= 0.6 is 0 Å². The maximum atomic E-state index is 5.74. The fourth-order valence-electron chi connectivity index (χ4n) is 2.06.